The summed E-state index contributed by atoms with van der Waals surface area (Å²) in [6, 6.07) is 0. The number of hydrogen-bond donors (Lipinski definition) is 3. The largest absolute Gasteiger partial charge is 0.275 e. The lowest BCUT2D eigenvalue weighted by Gasteiger charge is -2.38. The summed E-state index contributed by atoms with van der Waals surface area (Å²) < 4.78 is 1.54. The molecular formula is C9H19N5S. The van der Waals surface area contributed by atoms with E-state index >= 15 is 0 Å². The molecule has 3 N–H and O–H groups in total. The van der Waals surface area contributed by atoms with Gasteiger partial charge in [0.25, 0.3) is 5.91 Å². The molecule has 86 valence electrons. The summed E-state index contributed by atoms with van der Waals surface area (Å²) in [7, 11) is 0. The first kappa shape index (κ1) is 12.5. The van der Waals surface area contributed by atoms with Gasteiger partial charge < -0.3 is 0 Å². The molecule has 0 aliphatic carbocycles. The molecule has 0 fully saturated rings. The van der Waals surface area contributed by atoms with Crippen LogP contribution in [0.25, 0.3) is 0 Å². The second-order valence-corrected chi connectivity index (χ2v) is 4.25. The van der Waals surface area contributed by atoms with Crippen LogP contribution in [0, 0.1) is 5.92 Å². The van der Waals surface area contributed by atoms with Crippen molar-refractivity contribution in [3.8, 4) is 0 Å². The van der Waals surface area contributed by atoms with Crippen LogP contribution in [0.15, 0.2) is 9.98 Å². The van der Waals surface area contributed by atoms with Crippen LogP contribution in [0.3, 0.4) is 0 Å². The molecule has 1 aliphatic heterocycles. The fraction of sp³-hybridized carbons (Fsp3) is 0.778. The van der Waals surface area contributed by atoms with Crippen molar-refractivity contribution >= 4 is 24.5 Å². The molecule has 0 aromatic carbocycles. The smallest absolute Gasteiger partial charge is 0.256 e. The van der Waals surface area contributed by atoms with Gasteiger partial charge in [0.1, 0.15) is 11.7 Å². The number of nitrogens with zero attached hydrogens (tertiary/aromatic N) is 3. The van der Waals surface area contributed by atoms with Gasteiger partial charge in [-0.1, -0.05) is 33.6 Å². The molecule has 5 nitrogen and oxygen atoms in total. The molecule has 1 aliphatic rings. The average molecular weight is 229 g/mol. The maximum absolute atomic E-state index is 6.10. The average Bonchev–Trinajstić information content (AvgIpc) is 2.14. The Bertz CT molecular complexity index is 299. The quantitative estimate of drug-likeness (QED) is 0.495. The predicted octanol–water partition coefficient (Wildman–Crippen LogP) is 0.799. The molecule has 1 rings (SSSR count). The van der Waals surface area contributed by atoms with Gasteiger partial charge in [-0.2, -0.15) is 0 Å². The van der Waals surface area contributed by atoms with Crippen LogP contribution in [-0.4, -0.2) is 28.4 Å². The highest BCUT2D eigenvalue weighted by atomic mass is 32.1. The van der Waals surface area contributed by atoms with E-state index in [2.05, 4.69) is 28.1 Å². The van der Waals surface area contributed by atoms with Gasteiger partial charge in [0.15, 0.2) is 0 Å². The van der Waals surface area contributed by atoms with Crippen molar-refractivity contribution in [2.45, 2.75) is 33.6 Å². The van der Waals surface area contributed by atoms with Crippen molar-refractivity contribution in [2.75, 3.05) is 6.54 Å². The molecule has 15 heavy (non-hydrogen) atoms. The first-order valence-electron chi connectivity index (χ1n) is 5.08. The maximum Gasteiger partial charge on any atom is 0.256 e. The zero-order valence-corrected chi connectivity index (χ0v) is 10.5. The maximum atomic E-state index is 6.10. The second kappa shape index (κ2) is 4.51. The van der Waals surface area contributed by atoms with Gasteiger partial charge in [-0.05, 0) is 13.5 Å². The van der Waals surface area contributed by atoms with Gasteiger partial charge in [0.2, 0.25) is 0 Å². The molecule has 0 aromatic heterocycles. The molecule has 0 radical (unpaired) electrons. The molecular weight excluding hydrogens is 210 g/mol. The molecule has 0 saturated carbocycles. The number of amidine groups is 2. The molecule has 1 atom stereocenters. The second-order valence-electron chi connectivity index (χ2n) is 3.85. The Morgan fingerprint density at radius 1 is 1.60 bits per heavy atom. The highest BCUT2D eigenvalue weighted by Crippen LogP contribution is 2.19. The first-order chi connectivity index (χ1) is 6.90. The molecule has 0 spiro atoms. The topological polar surface area (TPSA) is 66.0 Å². The van der Waals surface area contributed by atoms with E-state index in [4.69, 9.17) is 5.73 Å². The number of rotatable bonds is 3. The number of nitrogens with one attached hydrogen (secondary N) is 1. The summed E-state index contributed by atoms with van der Waals surface area (Å²) in [6.07, 6.45) is 0. The summed E-state index contributed by atoms with van der Waals surface area (Å²) in [6.45, 7) is 8.63. The molecule has 0 aromatic rings. The van der Waals surface area contributed by atoms with Gasteiger partial charge in [-0.25, -0.2) is 9.98 Å². The Kier molecular flexibility index (Phi) is 3.75. The number of thiol groups is 1. The lowest BCUT2D eigenvalue weighted by molar-refractivity contribution is 0.236. The monoisotopic (exact) mass is 229 g/mol. The third-order valence-electron chi connectivity index (χ3n) is 2.14. The van der Waals surface area contributed by atoms with E-state index in [0.717, 1.165) is 18.2 Å². The lowest BCUT2D eigenvalue weighted by atomic mass is 10.2. The standard InChI is InChI=1S/C9H19N5S/c1-5-11-9(10)13-8(6(2)3)12-7(4)14(9)15/h6,11,15H,5,10H2,1-4H3. The van der Waals surface area contributed by atoms with Gasteiger partial charge in [0.05, 0.1) is 0 Å². The van der Waals surface area contributed by atoms with Gasteiger partial charge in [-0.3, -0.25) is 15.4 Å². The van der Waals surface area contributed by atoms with Crippen molar-refractivity contribution < 1.29 is 0 Å². The van der Waals surface area contributed by atoms with Crippen LogP contribution in [0.4, 0.5) is 0 Å². The first-order valence-corrected chi connectivity index (χ1v) is 5.48. The summed E-state index contributed by atoms with van der Waals surface area (Å²) in [5.74, 6) is 0.772. The Hall–Kier alpha value is -0.590. The van der Waals surface area contributed by atoms with E-state index in [-0.39, 0.29) is 5.92 Å². The van der Waals surface area contributed by atoms with Gasteiger partial charge in [-0.15, -0.1) is 0 Å². The number of aliphatic imine (C=N–C) groups is 2. The Morgan fingerprint density at radius 2 is 2.20 bits per heavy atom. The summed E-state index contributed by atoms with van der Waals surface area (Å²) in [5, 5.41) is 3.08. The highest BCUT2D eigenvalue weighted by Gasteiger charge is 2.34. The summed E-state index contributed by atoms with van der Waals surface area (Å²) in [4.78, 5) is 8.72. The lowest BCUT2D eigenvalue weighted by Crippen LogP contribution is -2.64. The molecule has 1 unspecified atom stereocenters. The van der Waals surface area contributed by atoms with E-state index in [1.54, 1.807) is 4.31 Å². The zero-order chi connectivity index (χ0) is 11.6. The third-order valence-corrected chi connectivity index (χ3v) is 2.74. The Labute approximate surface area is 96.4 Å². The number of nitrogens with two attached hydrogens (primary N) is 1. The fourth-order valence-corrected chi connectivity index (χ4v) is 1.50. The summed E-state index contributed by atoms with van der Waals surface area (Å²) in [5.41, 5.74) is 6.10. The van der Waals surface area contributed by atoms with Crippen molar-refractivity contribution in [1.29, 1.82) is 0 Å². The van der Waals surface area contributed by atoms with Crippen molar-refractivity contribution in [2.24, 2.45) is 21.6 Å². The number of hydrogen-bond acceptors (Lipinski definition) is 6. The van der Waals surface area contributed by atoms with E-state index in [1.807, 2.05) is 27.7 Å². The van der Waals surface area contributed by atoms with Crippen LogP contribution in [-0.2, 0) is 0 Å². The SMILES string of the molecule is CCNC1(N)N=C(C(C)C)N=C(C)N1S. The van der Waals surface area contributed by atoms with Crippen molar-refractivity contribution in [1.82, 2.24) is 9.62 Å². The van der Waals surface area contributed by atoms with Gasteiger partial charge >= 0.3 is 0 Å². The van der Waals surface area contributed by atoms with Crippen LogP contribution in [0.5, 0.6) is 0 Å². The molecule has 1 heterocycles. The van der Waals surface area contributed by atoms with E-state index in [9.17, 15) is 0 Å². The highest BCUT2D eigenvalue weighted by molar-refractivity contribution is 7.78. The molecule has 6 heteroatoms. The fourth-order valence-electron chi connectivity index (χ4n) is 1.34. The van der Waals surface area contributed by atoms with Crippen LogP contribution in [0.2, 0.25) is 0 Å². The molecule has 0 saturated heterocycles. The minimum atomic E-state index is -0.983. The van der Waals surface area contributed by atoms with Crippen LogP contribution < -0.4 is 11.1 Å². The predicted molar refractivity (Wildman–Crippen MR) is 66.8 cm³/mol. The van der Waals surface area contributed by atoms with E-state index < -0.39 is 5.91 Å². The third kappa shape index (κ3) is 2.50. The van der Waals surface area contributed by atoms with E-state index in [1.165, 1.54) is 0 Å². The minimum absolute atomic E-state index is 0.253. The Morgan fingerprint density at radius 3 is 2.67 bits per heavy atom. The Balaban J connectivity index is 3.03. The van der Waals surface area contributed by atoms with Crippen LogP contribution >= 0.6 is 12.8 Å². The van der Waals surface area contributed by atoms with Crippen LogP contribution in [0.1, 0.15) is 27.7 Å². The molecule has 0 amide bonds. The normalized spacial score (nSPS) is 26.7. The van der Waals surface area contributed by atoms with Gasteiger partial charge in [0, 0.05) is 5.92 Å². The zero-order valence-electron chi connectivity index (χ0n) is 9.65. The van der Waals surface area contributed by atoms with Crippen molar-refractivity contribution in [3.63, 3.8) is 0 Å². The van der Waals surface area contributed by atoms with E-state index in [0.29, 0.717) is 0 Å². The minimum Gasteiger partial charge on any atom is -0.275 e. The summed E-state index contributed by atoms with van der Waals surface area (Å²) >= 11 is 4.29. The van der Waals surface area contributed by atoms with Crippen molar-refractivity contribution in [3.05, 3.63) is 0 Å². The molecule has 0 bridgehead atoms.